The van der Waals surface area contributed by atoms with Crippen molar-refractivity contribution in [3.63, 3.8) is 0 Å². The number of carbonyl (C=O) groups is 12. The summed E-state index contributed by atoms with van der Waals surface area (Å²) in [7, 11) is -3.94. The maximum absolute atomic E-state index is 13.4. The third-order valence-corrected chi connectivity index (χ3v) is 26.5. The summed E-state index contributed by atoms with van der Waals surface area (Å²) in [5, 5.41) is 70.4. The molecule has 0 spiro atoms. The molecular weight excluding hydrogens is 1670 g/mol. The molecule has 0 aliphatic carbocycles. The van der Waals surface area contributed by atoms with E-state index in [2.05, 4.69) is 84.3 Å². The van der Waals surface area contributed by atoms with Crippen LogP contribution in [0.4, 0.5) is 40.7 Å². The molecule has 0 bridgehead atoms. The molecule has 3 aromatic carbocycles. The SMILES string of the molecule is NS(=O)(=O)c1ccc(C(=O)NCCOC(=O)[C@H](CCCCNC(=O)CCCC[C@@H]2SC[C@@H]3NC(=O)N[C@@H]32)NC(=O)c2ccc(C3(C(F)(F)F)N=N3)cc2)cc1.N[C@@H](CCCCNC(=O)CCCC[C@@H]1SC[C@@H]2NC(=O)N[C@@H]21)C(=O)O.O=C(CCCC[C@@H]1SC[C@@H]2NC(=O)N[C@@H]21)NCCCC[C@H](NC(=O)c1ccc(C2(C(F)(F)F)N=N2)cc1)C(=O)O. The van der Waals surface area contributed by atoms with Crippen molar-refractivity contribution in [2.24, 2.45) is 31.3 Å². The molecule has 120 heavy (non-hydrogen) atoms. The number of ether oxygens (including phenoxy) is 1. The molecule has 6 fully saturated rings. The number of hydrogen-bond donors (Lipinski definition) is 16. The van der Waals surface area contributed by atoms with Gasteiger partial charge in [0.05, 0.1) is 47.7 Å². The van der Waals surface area contributed by atoms with Crippen LogP contribution in [0.1, 0.15) is 177 Å². The number of unbranched alkanes of at least 4 members (excludes halogenated alkanes) is 6. The Balaban J connectivity index is 0.000000220. The summed E-state index contributed by atoms with van der Waals surface area (Å²) in [6, 6.07) is 11.5. The molecule has 18 N–H and O–H groups in total. The number of urea groups is 3. The first-order valence-corrected chi connectivity index (χ1v) is 44.2. The summed E-state index contributed by atoms with van der Waals surface area (Å²) in [5.41, 5.74) is -0.201. The van der Waals surface area contributed by atoms with Crippen LogP contribution in [0.2, 0.25) is 0 Å². The number of alkyl halides is 6. The molecule has 12 atom stereocenters. The molecule has 8 heterocycles. The minimum absolute atomic E-state index is 0.0104. The molecule has 0 aromatic heterocycles. The largest absolute Gasteiger partial charge is 0.480 e. The van der Waals surface area contributed by atoms with Crippen molar-refractivity contribution in [2.45, 2.75) is 234 Å². The number of benzene rings is 3. The second kappa shape index (κ2) is 43.8. The molecule has 658 valence electrons. The van der Waals surface area contributed by atoms with Gasteiger partial charge in [-0.25, -0.2) is 37.5 Å². The van der Waals surface area contributed by atoms with E-state index in [4.69, 9.17) is 20.7 Å². The zero-order valence-electron chi connectivity index (χ0n) is 65.2. The van der Waals surface area contributed by atoms with Crippen molar-refractivity contribution >= 4 is 117 Å². The van der Waals surface area contributed by atoms with Gasteiger partial charge in [-0.2, -0.15) is 61.6 Å². The number of carboxylic acids is 2. The Bertz CT molecular complexity index is 4290. The van der Waals surface area contributed by atoms with Gasteiger partial charge in [-0.1, -0.05) is 43.5 Å². The van der Waals surface area contributed by atoms with E-state index in [1.165, 1.54) is 36.4 Å². The van der Waals surface area contributed by atoms with Crippen LogP contribution in [0.3, 0.4) is 0 Å². The minimum atomic E-state index is -4.74. The van der Waals surface area contributed by atoms with Crippen molar-refractivity contribution < 1.29 is 107 Å². The number of sulfonamides is 1. The van der Waals surface area contributed by atoms with E-state index in [-0.39, 0.29) is 131 Å². The molecule has 8 aliphatic heterocycles. The first-order valence-electron chi connectivity index (χ1n) is 39.5. The van der Waals surface area contributed by atoms with Gasteiger partial charge < -0.3 is 84.5 Å². The molecule has 8 aliphatic rings. The van der Waals surface area contributed by atoms with Crippen LogP contribution in [0.15, 0.2) is 98.1 Å². The Morgan fingerprint density at radius 3 is 1.17 bits per heavy atom. The highest BCUT2D eigenvalue weighted by Crippen LogP contribution is 2.53. The summed E-state index contributed by atoms with van der Waals surface area (Å²) in [6.45, 7) is 0.844. The second-order valence-electron chi connectivity index (χ2n) is 29.9. The molecule has 12 amide bonds. The highest BCUT2D eigenvalue weighted by Gasteiger charge is 2.66. The second-order valence-corrected chi connectivity index (χ2v) is 35.2. The molecule has 3 aromatic rings. The van der Waals surface area contributed by atoms with E-state index in [1.807, 2.05) is 35.3 Å². The quantitative estimate of drug-likeness (QED) is 0.0132. The predicted molar refractivity (Wildman–Crippen MR) is 427 cm³/mol. The van der Waals surface area contributed by atoms with Gasteiger partial charge in [-0.3, -0.25) is 33.6 Å². The van der Waals surface area contributed by atoms with Crippen LogP contribution < -0.4 is 74.7 Å². The third kappa shape index (κ3) is 27.5. The maximum atomic E-state index is 13.4. The Kier molecular flexibility index (Phi) is 34.4. The van der Waals surface area contributed by atoms with Crippen LogP contribution >= 0.6 is 35.3 Å². The summed E-state index contributed by atoms with van der Waals surface area (Å²) >= 11 is 5.54. The van der Waals surface area contributed by atoms with Gasteiger partial charge >= 0.3 is 59.7 Å². The number of rotatable bonds is 44. The van der Waals surface area contributed by atoms with Gasteiger partial charge in [0.1, 0.15) is 24.7 Å². The van der Waals surface area contributed by atoms with E-state index in [0.717, 1.165) is 111 Å². The zero-order valence-corrected chi connectivity index (χ0v) is 68.5. The van der Waals surface area contributed by atoms with E-state index >= 15 is 0 Å². The summed E-state index contributed by atoms with van der Waals surface area (Å²) in [6.07, 6.45) is 3.42. The van der Waals surface area contributed by atoms with Crippen molar-refractivity contribution in [2.75, 3.05) is 50.0 Å². The van der Waals surface area contributed by atoms with Crippen molar-refractivity contribution in [1.29, 1.82) is 0 Å². The molecule has 0 saturated carbocycles. The Labute approximate surface area is 699 Å². The molecule has 45 heteroatoms. The average Bonchev–Trinajstić information content (AvgIpc) is 1.58. The van der Waals surface area contributed by atoms with Gasteiger partial charge in [0.2, 0.25) is 27.7 Å². The lowest BCUT2D eigenvalue weighted by molar-refractivity contribution is -0.166. The number of primary sulfonamides is 1. The first-order chi connectivity index (χ1) is 57.0. The third-order valence-electron chi connectivity index (χ3n) is 21.1. The lowest BCUT2D eigenvalue weighted by atomic mass is 10.0. The van der Waals surface area contributed by atoms with E-state index in [0.29, 0.717) is 99.6 Å². The van der Waals surface area contributed by atoms with Crippen LogP contribution in [0.25, 0.3) is 0 Å². The van der Waals surface area contributed by atoms with Crippen LogP contribution in [-0.4, -0.2) is 223 Å². The normalized spacial score (nSPS) is 22.3. The number of nitrogens with two attached hydrogens (primary N) is 2. The maximum Gasteiger partial charge on any atom is 0.442 e. The summed E-state index contributed by atoms with van der Waals surface area (Å²) in [5.74, 6) is -2.54. The molecule has 0 radical (unpaired) electrons. The summed E-state index contributed by atoms with van der Waals surface area (Å²) < 4.78 is 108. The number of hydrogen-bond acceptors (Lipinski definition) is 23. The number of halogens is 6. The number of nitrogens with zero attached hydrogens (tertiary/aromatic N) is 4. The molecule has 6 saturated heterocycles. The van der Waals surface area contributed by atoms with Gasteiger partial charge in [0.15, 0.2) is 0 Å². The standard InChI is InChI=1S/C34H41F3N8O8S2.C25H31F3N6O5S.C16H28N4O4S/c35-34(36,37)33(44-45-33)22-12-8-21(9-13-22)30(48)41-24(31(49)53-18-17-40-29(47)20-10-14-23(15-11-20)55(38,51)52)5-3-4-16-39-27(46)7-2-1-6-26-28-25(19-54-26)42-32(50)43-28;26-25(27,28)24(33-34-24)15-10-8-14(9-11-15)21(36)30-16(22(37)38)5-3-4-12-29-19(35)7-2-1-6-18-20-17(13-40-18)31-23(39)32-20;17-10(15(22)23)5-3-4-8-18-13(21)7-2-1-6-12-14-11(9-25-12)19-16(24)20-14/h8-15,24-26,28H,1-7,16-19H2,(H,39,46)(H,40,47)(H,41,48)(H2,38,51,52)(H2,42,43,50);8-11,16-18,20H,1-7,12-13H2,(H,29,35)(H,30,36)(H,37,38)(H2,31,32,39);10-12,14H,1-9,17H2,(H,18,21)(H,22,23)(H2,19,20,24)/t24-,25-,26-,28-;16-,17-,18-,20-;10-,11-,12-,14-/m000/s1. The number of esters is 1. The number of carbonyl (C=O) groups excluding carboxylic acids is 10. The van der Waals surface area contributed by atoms with Crippen molar-refractivity contribution in [3.8, 4) is 0 Å². The molecule has 0 unspecified atom stereocenters. The molecular formula is C75H100F6N18O17S4. The van der Waals surface area contributed by atoms with E-state index in [9.17, 15) is 97.4 Å². The topological polar surface area (TPSA) is 535 Å². The molecule has 35 nitrogen and oxygen atoms in total. The molecule has 11 rings (SSSR count). The van der Waals surface area contributed by atoms with Crippen molar-refractivity contribution in [3.05, 3.63) is 101 Å². The van der Waals surface area contributed by atoms with E-state index < -0.39 is 87.5 Å². The number of carboxylic acid groups (broad SMARTS) is 2. The number of amides is 12. The Morgan fingerprint density at radius 2 is 0.817 bits per heavy atom. The van der Waals surface area contributed by atoms with Crippen LogP contribution in [0.5, 0.6) is 0 Å². The average molecular weight is 1770 g/mol. The van der Waals surface area contributed by atoms with Crippen LogP contribution in [-0.2, 0) is 54.9 Å². The predicted octanol–water partition coefficient (Wildman–Crippen LogP) is 6.07. The lowest BCUT2D eigenvalue weighted by Gasteiger charge is -2.19. The van der Waals surface area contributed by atoms with Crippen LogP contribution in [0, 0.1) is 0 Å². The fraction of sp³-hybridized carbons (Fsp3) is 0.600. The number of aliphatic carboxylic acids is 2. The number of thioether (sulfide) groups is 3. The number of fused-ring (bicyclic) bond motifs is 3. The first kappa shape index (κ1) is 94.3. The van der Waals surface area contributed by atoms with Gasteiger partial charge in [0, 0.05) is 99.7 Å². The van der Waals surface area contributed by atoms with Gasteiger partial charge in [0.25, 0.3) is 17.7 Å². The highest BCUT2D eigenvalue weighted by atomic mass is 32.2. The Hall–Kier alpha value is -9.60. The monoisotopic (exact) mass is 1770 g/mol. The zero-order chi connectivity index (χ0) is 87.0. The smallest absolute Gasteiger partial charge is 0.442 e. The Morgan fingerprint density at radius 1 is 0.467 bits per heavy atom. The highest BCUT2D eigenvalue weighted by molar-refractivity contribution is 8.00. The van der Waals surface area contributed by atoms with Crippen molar-refractivity contribution in [1.82, 2.24) is 63.8 Å². The van der Waals surface area contributed by atoms with E-state index in [1.54, 1.807) is 0 Å². The summed E-state index contributed by atoms with van der Waals surface area (Å²) in [4.78, 5) is 144. The lowest BCUT2D eigenvalue weighted by Crippen LogP contribution is -2.42. The van der Waals surface area contributed by atoms with Gasteiger partial charge in [-0.05, 0) is 145 Å². The fourth-order valence-electron chi connectivity index (χ4n) is 14.2. The fourth-order valence-corrected chi connectivity index (χ4v) is 19.4. The minimum Gasteiger partial charge on any atom is -0.480 e. The number of nitrogens with one attached hydrogen (secondary N) is 12. The van der Waals surface area contributed by atoms with Gasteiger partial charge in [-0.15, -0.1) is 20.5 Å².